The second-order valence-electron chi connectivity index (χ2n) is 5.60. The Balaban J connectivity index is 1.89. The fourth-order valence-corrected chi connectivity index (χ4v) is 3.73. The van der Waals surface area contributed by atoms with Gasteiger partial charge in [0.2, 0.25) is 0 Å². The van der Waals surface area contributed by atoms with Crippen molar-refractivity contribution in [2.75, 3.05) is 6.61 Å². The highest BCUT2D eigenvalue weighted by atomic mass is 32.1. The van der Waals surface area contributed by atoms with Crippen LogP contribution in [0.25, 0.3) is 0 Å². The Kier molecular flexibility index (Phi) is 6.28. The molecule has 0 saturated heterocycles. The Morgan fingerprint density at radius 3 is 2.86 bits per heavy atom. The zero-order chi connectivity index (χ0) is 15.1. The highest BCUT2D eigenvalue weighted by Gasteiger charge is 2.23. The zero-order valence-corrected chi connectivity index (χ0v) is 13.3. The van der Waals surface area contributed by atoms with E-state index in [2.05, 4.69) is 24.1 Å². The van der Waals surface area contributed by atoms with Crippen molar-refractivity contribution in [3.05, 3.63) is 21.9 Å². The van der Waals surface area contributed by atoms with Gasteiger partial charge in [-0.1, -0.05) is 31.6 Å². The molecule has 1 saturated carbocycles. The number of nitrogens with one attached hydrogen (secondary N) is 1. The summed E-state index contributed by atoms with van der Waals surface area (Å²) in [7, 11) is 0. The number of amides is 1. The lowest BCUT2D eigenvalue weighted by Crippen LogP contribution is -2.37. The van der Waals surface area contributed by atoms with Crippen molar-refractivity contribution in [3.63, 3.8) is 0 Å². The predicted molar refractivity (Wildman–Crippen MR) is 86.4 cm³/mol. The molecule has 1 aliphatic carbocycles. The van der Waals surface area contributed by atoms with Crippen molar-refractivity contribution in [1.29, 1.82) is 0 Å². The van der Waals surface area contributed by atoms with E-state index in [1.807, 2.05) is 11.4 Å². The minimum atomic E-state index is -0.182. The van der Waals surface area contributed by atoms with Gasteiger partial charge in [0, 0.05) is 11.6 Å². The summed E-state index contributed by atoms with van der Waals surface area (Å²) >= 11 is 1.41. The summed E-state index contributed by atoms with van der Waals surface area (Å²) in [6, 6.07) is 2.13. The Bertz CT molecular complexity index is 518. The third kappa shape index (κ3) is 4.59. The molecule has 0 aromatic carbocycles. The monoisotopic (exact) mass is 305 g/mol. The highest BCUT2D eigenvalue weighted by molar-refractivity contribution is 7.12. The van der Waals surface area contributed by atoms with Gasteiger partial charge < -0.3 is 10.4 Å². The minimum absolute atomic E-state index is 0.0221. The van der Waals surface area contributed by atoms with Gasteiger partial charge in [-0.05, 0) is 43.0 Å². The molecule has 1 aliphatic rings. The Morgan fingerprint density at radius 2 is 2.19 bits per heavy atom. The molecule has 0 radical (unpaired) electrons. The maximum Gasteiger partial charge on any atom is 0.262 e. The third-order valence-electron chi connectivity index (χ3n) is 4.05. The maximum absolute atomic E-state index is 12.3. The van der Waals surface area contributed by atoms with E-state index >= 15 is 0 Å². The van der Waals surface area contributed by atoms with Gasteiger partial charge in [0.25, 0.3) is 5.91 Å². The molecule has 0 spiro atoms. The van der Waals surface area contributed by atoms with E-state index in [0.717, 1.165) is 18.8 Å². The van der Waals surface area contributed by atoms with E-state index in [9.17, 15) is 4.79 Å². The molecule has 114 valence electrons. The van der Waals surface area contributed by atoms with Crippen LogP contribution in [0.1, 0.15) is 60.7 Å². The number of rotatable bonds is 4. The summed E-state index contributed by atoms with van der Waals surface area (Å²) in [4.78, 5) is 13.0. The maximum atomic E-state index is 12.3. The predicted octanol–water partition coefficient (Wildman–Crippen LogP) is 3.18. The van der Waals surface area contributed by atoms with E-state index in [4.69, 9.17) is 5.11 Å². The summed E-state index contributed by atoms with van der Waals surface area (Å²) in [5, 5.41) is 13.8. The number of aliphatic hydroxyl groups is 1. The van der Waals surface area contributed by atoms with Crippen LogP contribution in [0.3, 0.4) is 0 Å². The van der Waals surface area contributed by atoms with Crippen LogP contribution in [0.4, 0.5) is 0 Å². The van der Waals surface area contributed by atoms with E-state index in [1.165, 1.54) is 37.0 Å². The SMILES string of the molecule is CCCC1CCC(NC(=O)c2sccc2C#CCO)CC1. The Hall–Kier alpha value is -1.31. The molecule has 1 heterocycles. The normalized spacial score (nSPS) is 21.4. The number of thiophene rings is 1. The number of carbonyl (C=O) groups excluding carboxylic acids is 1. The van der Waals surface area contributed by atoms with Gasteiger partial charge in [-0.15, -0.1) is 11.3 Å². The fraction of sp³-hybridized carbons (Fsp3) is 0.588. The lowest BCUT2D eigenvalue weighted by Gasteiger charge is -2.28. The number of hydrogen-bond acceptors (Lipinski definition) is 3. The molecule has 1 aromatic rings. The third-order valence-corrected chi connectivity index (χ3v) is 4.97. The highest BCUT2D eigenvalue weighted by Crippen LogP contribution is 2.28. The van der Waals surface area contributed by atoms with Crippen molar-refractivity contribution >= 4 is 17.2 Å². The van der Waals surface area contributed by atoms with Crippen molar-refractivity contribution in [3.8, 4) is 11.8 Å². The van der Waals surface area contributed by atoms with Gasteiger partial charge in [0.15, 0.2) is 0 Å². The summed E-state index contributed by atoms with van der Waals surface area (Å²) in [6.45, 7) is 2.05. The molecule has 21 heavy (non-hydrogen) atoms. The first-order valence-corrected chi connectivity index (χ1v) is 8.60. The molecule has 0 aliphatic heterocycles. The number of carbonyl (C=O) groups is 1. The van der Waals surface area contributed by atoms with Crippen LogP contribution in [0.15, 0.2) is 11.4 Å². The average molecular weight is 305 g/mol. The standard InChI is InChI=1S/C17H23NO2S/c1-2-4-13-6-8-15(9-7-13)18-17(20)16-14(5-3-11-19)10-12-21-16/h10,12-13,15,19H,2,4,6-9,11H2,1H3,(H,18,20). The lowest BCUT2D eigenvalue weighted by atomic mass is 9.83. The van der Waals surface area contributed by atoms with Crippen molar-refractivity contribution < 1.29 is 9.90 Å². The molecule has 2 rings (SSSR count). The Labute approximate surface area is 130 Å². The van der Waals surface area contributed by atoms with Gasteiger partial charge in [-0.3, -0.25) is 4.79 Å². The summed E-state index contributed by atoms with van der Waals surface area (Å²) in [5.74, 6) is 6.26. The molecule has 4 heteroatoms. The van der Waals surface area contributed by atoms with Crippen molar-refractivity contribution in [1.82, 2.24) is 5.32 Å². The van der Waals surface area contributed by atoms with Gasteiger partial charge in [-0.2, -0.15) is 0 Å². The first-order valence-electron chi connectivity index (χ1n) is 7.72. The zero-order valence-electron chi connectivity index (χ0n) is 12.5. The molecular formula is C17H23NO2S. The van der Waals surface area contributed by atoms with Crippen molar-refractivity contribution in [2.24, 2.45) is 5.92 Å². The smallest absolute Gasteiger partial charge is 0.262 e. The van der Waals surface area contributed by atoms with Crippen molar-refractivity contribution in [2.45, 2.75) is 51.5 Å². The van der Waals surface area contributed by atoms with Gasteiger partial charge in [0.1, 0.15) is 11.5 Å². The van der Waals surface area contributed by atoms with E-state index in [1.54, 1.807) is 0 Å². The molecule has 0 bridgehead atoms. The second kappa shape index (κ2) is 8.21. The van der Waals surface area contributed by atoms with E-state index in [-0.39, 0.29) is 12.5 Å². The molecule has 1 aromatic heterocycles. The van der Waals surface area contributed by atoms with E-state index < -0.39 is 0 Å². The average Bonchev–Trinajstić information content (AvgIpc) is 2.96. The first-order chi connectivity index (χ1) is 10.2. The largest absolute Gasteiger partial charge is 0.384 e. The van der Waals surface area contributed by atoms with Gasteiger partial charge in [0.05, 0.1) is 0 Å². The van der Waals surface area contributed by atoms with Crippen LogP contribution in [0, 0.1) is 17.8 Å². The summed E-state index contributed by atoms with van der Waals surface area (Å²) < 4.78 is 0. The van der Waals surface area contributed by atoms with Crippen LogP contribution < -0.4 is 5.32 Å². The van der Waals surface area contributed by atoms with Crippen LogP contribution in [0.2, 0.25) is 0 Å². The van der Waals surface area contributed by atoms with E-state index in [0.29, 0.717) is 16.5 Å². The lowest BCUT2D eigenvalue weighted by molar-refractivity contribution is 0.0925. The molecule has 3 nitrogen and oxygen atoms in total. The van der Waals surface area contributed by atoms with Crippen LogP contribution in [0.5, 0.6) is 0 Å². The Morgan fingerprint density at radius 1 is 1.43 bits per heavy atom. The fourth-order valence-electron chi connectivity index (χ4n) is 2.97. The number of hydrogen-bond donors (Lipinski definition) is 2. The van der Waals surface area contributed by atoms with Gasteiger partial charge >= 0.3 is 0 Å². The minimum Gasteiger partial charge on any atom is -0.384 e. The molecule has 2 N–H and O–H groups in total. The molecule has 0 unspecified atom stereocenters. The second-order valence-corrected chi connectivity index (χ2v) is 6.52. The van der Waals surface area contributed by atoms with Crippen LogP contribution in [-0.4, -0.2) is 23.7 Å². The van der Waals surface area contributed by atoms with Crippen LogP contribution in [-0.2, 0) is 0 Å². The molecular weight excluding hydrogens is 282 g/mol. The molecule has 1 amide bonds. The topological polar surface area (TPSA) is 49.3 Å². The summed E-state index contributed by atoms with van der Waals surface area (Å²) in [6.07, 6.45) is 7.18. The van der Waals surface area contributed by atoms with Gasteiger partial charge in [-0.25, -0.2) is 0 Å². The van der Waals surface area contributed by atoms with Crippen LogP contribution >= 0.6 is 11.3 Å². The quantitative estimate of drug-likeness (QED) is 0.839. The molecule has 1 fully saturated rings. The first kappa shape index (κ1) is 16.1. The number of aliphatic hydroxyl groups excluding tert-OH is 1. The molecule has 0 atom stereocenters. The summed E-state index contributed by atoms with van der Waals surface area (Å²) in [5.41, 5.74) is 0.714.